The van der Waals surface area contributed by atoms with Gasteiger partial charge in [0, 0.05) is 12.1 Å². The van der Waals surface area contributed by atoms with Crippen LogP contribution < -0.4 is 0 Å². The van der Waals surface area contributed by atoms with Crippen molar-refractivity contribution in [1.29, 1.82) is 0 Å². The quantitative estimate of drug-likeness (QED) is 0.726. The van der Waals surface area contributed by atoms with Gasteiger partial charge >= 0.3 is 17.9 Å². The number of nitrogens with zero attached hydrogens (tertiary/aromatic N) is 1. The molecule has 0 radical (unpaired) electrons. The van der Waals surface area contributed by atoms with E-state index in [1.807, 2.05) is 0 Å². The maximum Gasteiger partial charge on any atom is 0.337 e. The fourth-order valence-electron chi connectivity index (χ4n) is 3.92. The highest BCUT2D eigenvalue weighted by atomic mass is 32.2. The molecule has 3 rings (SSSR count). The van der Waals surface area contributed by atoms with Gasteiger partial charge in [-0.2, -0.15) is 4.31 Å². The van der Waals surface area contributed by atoms with Crippen molar-refractivity contribution in [1.82, 2.24) is 4.31 Å². The molecule has 2 fully saturated rings. The molecule has 9 nitrogen and oxygen atoms in total. The number of carboxylic acids is 1. The minimum absolute atomic E-state index is 0.111. The van der Waals surface area contributed by atoms with Gasteiger partial charge in [-0.3, -0.25) is 4.79 Å². The van der Waals surface area contributed by atoms with E-state index < -0.39 is 45.9 Å². The zero-order valence-corrected chi connectivity index (χ0v) is 15.6. The summed E-state index contributed by atoms with van der Waals surface area (Å²) in [5.74, 6) is -3.39. The van der Waals surface area contributed by atoms with Crippen LogP contribution >= 0.6 is 0 Å². The number of aliphatic carboxylic acids is 1. The molecule has 10 heteroatoms. The van der Waals surface area contributed by atoms with Crippen molar-refractivity contribution in [3.8, 4) is 0 Å². The summed E-state index contributed by atoms with van der Waals surface area (Å²) in [5, 5.41) is 9.34. The Labute approximate surface area is 155 Å². The fourth-order valence-corrected chi connectivity index (χ4v) is 5.91. The number of ether oxygens (including phenoxy) is 2. The Kier molecular flexibility index (Phi) is 4.96. The van der Waals surface area contributed by atoms with Crippen LogP contribution in [0.4, 0.5) is 0 Å². The van der Waals surface area contributed by atoms with Crippen molar-refractivity contribution in [3.05, 3.63) is 29.3 Å². The molecule has 2 saturated heterocycles. The van der Waals surface area contributed by atoms with E-state index >= 15 is 0 Å². The molecule has 1 aromatic carbocycles. The molecule has 2 aliphatic rings. The van der Waals surface area contributed by atoms with Gasteiger partial charge in [0.1, 0.15) is 0 Å². The number of hydrogen-bond donors (Lipinski definition) is 1. The smallest absolute Gasteiger partial charge is 0.337 e. The predicted octanol–water partition coefficient (Wildman–Crippen LogP) is 0.886. The van der Waals surface area contributed by atoms with Crippen LogP contribution in [0.5, 0.6) is 0 Å². The first kappa shape index (κ1) is 19.3. The molecule has 146 valence electrons. The molecular formula is C17H19NO8S. The standard InChI is InChI=1S/C17H19NO8S/c1-25-16(21)9-5-10(17(22)26-2)7-12(6-9)27(23,24)18-11-3-4-14(18)13(8-11)15(19)20/h5-7,11,13-14H,3-4,8H2,1-2H3,(H,19,20). The lowest BCUT2D eigenvalue weighted by molar-refractivity contribution is -0.142. The highest BCUT2D eigenvalue weighted by molar-refractivity contribution is 7.89. The number of benzene rings is 1. The van der Waals surface area contributed by atoms with Gasteiger partial charge in [0.15, 0.2) is 0 Å². The minimum Gasteiger partial charge on any atom is -0.481 e. The molecule has 0 spiro atoms. The summed E-state index contributed by atoms with van der Waals surface area (Å²) in [6.07, 6.45) is 1.29. The first-order valence-electron chi connectivity index (χ1n) is 8.28. The maximum atomic E-state index is 13.2. The van der Waals surface area contributed by atoms with Crippen LogP contribution in [0.1, 0.15) is 40.0 Å². The second kappa shape index (κ2) is 6.93. The zero-order valence-electron chi connectivity index (χ0n) is 14.7. The summed E-state index contributed by atoms with van der Waals surface area (Å²) in [6.45, 7) is 0. The summed E-state index contributed by atoms with van der Waals surface area (Å²) in [7, 11) is -1.84. The molecule has 1 N–H and O–H groups in total. The van der Waals surface area contributed by atoms with E-state index in [0.29, 0.717) is 12.8 Å². The summed E-state index contributed by atoms with van der Waals surface area (Å²) in [4.78, 5) is 34.9. The number of carboxylic acid groups (broad SMARTS) is 1. The van der Waals surface area contributed by atoms with Crippen molar-refractivity contribution < 1.29 is 37.4 Å². The van der Waals surface area contributed by atoms with Crippen LogP contribution in [0.15, 0.2) is 23.1 Å². The van der Waals surface area contributed by atoms with Gasteiger partial charge in [-0.15, -0.1) is 0 Å². The third kappa shape index (κ3) is 3.19. The molecule has 3 unspecified atom stereocenters. The van der Waals surface area contributed by atoms with Crippen molar-refractivity contribution in [2.75, 3.05) is 14.2 Å². The lowest BCUT2D eigenvalue weighted by Crippen LogP contribution is -2.38. The van der Waals surface area contributed by atoms with Crippen LogP contribution in [0.2, 0.25) is 0 Å². The van der Waals surface area contributed by atoms with Gasteiger partial charge < -0.3 is 14.6 Å². The molecule has 0 saturated carbocycles. The van der Waals surface area contributed by atoms with E-state index in [9.17, 15) is 27.9 Å². The molecular weight excluding hydrogens is 378 g/mol. The van der Waals surface area contributed by atoms with Gasteiger partial charge in [0.25, 0.3) is 0 Å². The number of fused-ring (bicyclic) bond motifs is 2. The predicted molar refractivity (Wildman–Crippen MR) is 90.7 cm³/mol. The number of sulfonamides is 1. The van der Waals surface area contributed by atoms with Gasteiger partial charge in [-0.05, 0) is 37.5 Å². The van der Waals surface area contributed by atoms with Crippen LogP contribution in [0.25, 0.3) is 0 Å². The second-order valence-electron chi connectivity index (χ2n) is 6.54. The summed E-state index contributed by atoms with van der Waals surface area (Å²) < 4.78 is 36.9. The fraction of sp³-hybridized carbons (Fsp3) is 0.471. The maximum absolute atomic E-state index is 13.2. The Hall–Kier alpha value is -2.46. The van der Waals surface area contributed by atoms with Crippen LogP contribution in [-0.4, -0.2) is 62.0 Å². The van der Waals surface area contributed by atoms with Gasteiger partial charge in [0.05, 0.1) is 36.2 Å². The Morgan fingerprint density at radius 3 is 2.04 bits per heavy atom. The number of methoxy groups -OCH3 is 2. The molecule has 0 aromatic heterocycles. The van der Waals surface area contributed by atoms with Crippen molar-refractivity contribution in [2.24, 2.45) is 5.92 Å². The highest BCUT2D eigenvalue weighted by Gasteiger charge is 2.54. The number of hydrogen-bond acceptors (Lipinski definition) is 7. The number of rotatable bonds is 5. The van der Waals surface area contributed by atoms with Crippen molar-refractivity contribution >= 4 is 27.9 Å². The Balaban J connectivity index is 2.08. The van der Waals surface area contributed by atoms with E-state index in [1.165, 1.54) is 10.4 Å². The molecule has 0 aliphatic carbocycles. The van der Waals surface area contributed by atoms with E-state index in [1.54, 1.807) is 0 Å². The minimum atomic E-state index is -4.12. The molecule has 2 bridgehead atoms. The molecule has 0 amide bonds. The number of carbonyl (C=O) groups excluding carboxylic acids is 2. The third-order valence-electron chi connectivity index (χ3n) is 5.11. The summed E-state index contributed by atoms with van der Waals surface area (Å²) >= 11 is 0. The monoisotopic (exact) mass is 397 g/mol. The van der Waals surface area contributed by atoms with Crippen LogP contribution in [0.3, 0.4) is 0 Å². The summed E-state index contributed by atoms with van der Waals surface area (Å²) in [5.41, 5.74) is -0.222. The van der Waals surface area contributed by atoms with E-state index in [-0.39, 0.29) is 22.4 Å². The van der Waals surface area contributed by atoms with E-state index in [0.717, 1.165) is 26.4 Å². The van der Waals surface area contributed by atoms with Crippen LogP contribution in [-0.2, 0) is 24.3 Å². The van der Waals surface area contributed by atoms with Crippen LogP contribution in [0, 0.1) is 5.92 Å². The topological polar surface area (TPSA) is 127 Å². The van der Waals surface area contributed by atoms with E-state index in [4.69, 9.17) is 0 Å². The average molecular weight is 397 g/mol. The molecule has 3 atom stereocenters. The normalized spacial score (nSPS) is 24.6. The molecule has 2 aliphatic heterocycles. The van der Waals surface area contributed by atoms with Crippen molar-refractivity contribution in [2.45, 2.75) is 36.2 Å². The Morgan fingerprint density at radius 1 is 1.04 bits per heavy atom. The average Bonchev–Trinajstić information content (AvgIpc) is 3.25. The van der Waals surface area contributed by atoms with Gasteiger partial charge in [-0.1, -0.05) is 0 Å². The van der Waals surface area contributed by atoms with Crippen molar-refractivity contribution in [3.63, 3.8) is 0 Å². The Bertz CT molecular complexity index is 875. The first-order chi connectivity index (χ1) is 12.7. The second-order valence-corrected chi connectivity index (χ2v) is 8.39. The largest absolute Gasteiger partial charge is 0.481 e. The van der Waals surface area contributed by atoms with Gasteiger partial charge in [0.2, 0.25) is 10.0 Å². The lowest BCUT2D eigenvalue weighted by Gasteiger charge is -2.23. The molecule has 1 aromatic rings. The van der Waals surface area contributed by atoms with Gasteiger partial charge in [-0.25, -0.2) is 18.0 Å². The number of carbonyl (C=O) groups is 3. The Morgan fingerprint density at radius 2 is 1.59 bits per heavy atom. The zero-order chi connectivity index (χ0) is 19.9. The molecule has 2 heterocycles. The summed E-state index contributed by atoms with van der Waals surface area (Å²) in [6, 6.07) is 2.39. The molecule has 27 heavy (non-hydrogen) atoms. The lowest BCUT2D eigenvalue weighted by atomic mass is 9.89. The SMILES string of the molecule is COC(=O)c1cc(C(=O)OC)cc(S(=O)(=O)N2C3CCC2C(C(=O)O)C3)c1. The highest BCUT2D eigenvalue weighted by Crippen LogP contribution is 2.45. The first-order valence-corrected chi connectivity index (χ1v) is 9.72. The van der Waals surface area contributed by atoms with E-state index in [2.05, 4.69) is 9.47 Å². The third-order valence-corrected chi connectivity index (χ3v) is 7.07. The number of esters is 2.